The van der Waals surface area contributed by atoms with E-state index in [-0.39, 0.29) is 12.1 Å². The highest BCUT2D eigenvalue weighted by molar-refractivity contribution is 5.66. The molecule has 0 saturated heterocycles. The monoisotopic (exact) mass is 481 g/mol. The molecule has 0 aromatic rings. The average molecular weight is 482 g/mol. The van der Waals surface area contributed by atoms with Gasteiger partial charge in [-0.15, -0.1) is 0 Å². The Bertz CT molecular complexity index is 828. The minimum atomic E-state index is -0.0692. The lowest BCUT2D eigenvalue weighted by molar-refractivity contribution is -0.213. The van der Waals surface area contributed by atoms with Crippen LogP contribution in [0.4, 0.5) is 0 Å². The Balaban J connectivity index is 1.61. The highest BCUT2D eigenvalue weighted by atomic mass is 16.5. The molecule has 35 heavy (non-hydrogen) atoms. The summed E-state index contributed by atoms with van der Waals surface area (Å²) >= 11 is 0. The standard InChI is InChI=1S/C32H51NO2/c1-7-24-28-20-21(2)15-17-32(28,6)27-16-18-31(5)25(22(3)12-10-8-9-11-19-33)13-14-26(31)29(27)30(24)35-23(4)34/h9,11,21-22,24-30H,7-8,10,12-18,20H2,1-6H3/b11-9+/t21-,22-,24-,25-,26+,27+,28+,29+,30-,31-,32-/m1/s1. The van der Waals surface area contributed by atoms with E-state index in [2.05, 4.69) is 40.7 Å². The number of unbranched alkanes of at least 4 members (excludes halogenated alkanes) is 1. The number of hydrogen-bond acceptors (Lipinski definition) is 3. The third-order valence-electron chi connectivity index (χ3n) is 11.9. The molecule has 0 aliphatic heterocycles. The molecule has 4 aliphatic rings. The van der Waals surface area contributed by atoms with Crippen LogP contribution in [0.15, 0.2) is 12.2 Å². The van der Waals surface area contributed by atoms with E-state index >= 15 is 0 Å². The van der Waals surface area contributed by atoms with Crippen molar-refractivity contribution in [3.8, 4) is 6.07 Å². The molecule has 196 valence electrons. The van der Waals surface area contributed by atoms with Gasteiger partial charge in [-0.05, 0) is 110 Å². The highest BCUT2D eigenvalue weighted by Gasteiger charge is 2.65. The smallest absolute Gasteiger partial charge is 0.302 e. The summed E-state index contributed by atoms with van der Waals surface area (Å²) < 4.78 is 6.37. The zero-order chi connectivity index (χ0) is 25.4. The van der Waals surface area contributed by atoms with Crippen molar-refractivity contribution >= 4 is 5.97 Å². The van der Waals surface area contributed by atoms with Crippen LogP contribution >= 0.6 is 0 Å². The number of allylic oxidation sites excluding steroid dienone is 2. The minimum Gasteiger partial charge on any atom is -0.462 e. The SMILES string of the molecule is CC[C@H]1[C@@H](OC(C)=O)[C@@H]2[C@H](CC[C@]3(C)[C@@H]([C@H](C)CCC/C=C/C#N)CC[C@@H]23)[C@@]2(C)CC[C@@H](C)C[C@@H]12. The lowest BCUT2D eigenvalue weighted by Crippen LogP contribution is -2.62. The van der Waals surface area contributed by atoms with Gasteiger partial charge in [0.2, 0.25) is 0 Å². The largest absolute Gasteiger partial charge is 0.462 e. The molecule has 0 amide bonds. The molecule has 0 radical (unpaired) electrons. The molecule has 0 unspecified atom stereocenters. The summed E-state index contributed by atoms with van der Waals surface area (Å²) in [7, 11) is 0. The van der Waals surface area contributed by atoms with Crippen LogP contribution in [0, 0.1) is 69.5 Å². The first kappa shape index (κ1) is 26.8. The summed E-state index contributed by atoms with van der Waals surface area (Å²) in [4.78, 5) is 12.4. The summed E-state index contributed by atoms with van der Waals surface area (Å²) in [5.41, 5.74) is 0.775. The van der Waals surface area contributed by atoms with E-state index in [0.29, 0.717) is 46.3 Å². The predicted octanol–water partition coefficient (Wildman–Crippen LogP) is 8.35. The number of fused-ring (bicyclic) bond motifs is 5. The first-order chi connectivity index (χ1) is 16.7. The summed E-state index contributed by atoms with van der Waals surface area (Å²) in [6.07, 6.45) is 17.7. The van der Waals surface area contributed by atoms with Crippen molar-refractivity contribution in [3.63, 3.8) is 0 Å². The Morgan fingerprint density at radius 3 is 2.51 bits per heavy atom. The average Bonchev–Trinajstić information content (AvgIpc) is 3.17. The Labute approximate surface area is 215 Å². The molecule has 4 fully saturated rings. The quantitative estimate of drug-likeness (QED) is 0.208. The molecule has 4 saturated carbocycles. The second-order valence-electron chi connectivity index (χ2n) is 13.6. The zero-order valence-electron chi connectivity index (χ0n) is 23.4. The van der Waals surface area contributed by atoms with Gasteiger partial charge in [-0.1, -0.05) is 53.5 Å². The summed E-state index contributed by atoms with van der Waals surface area (Å²) in [5, 5.41) is 8.75. The van der Waals surface area contributed by atoms with Gasteiger partial charge in [0, 0.05) is 18.9 Å². The molecule has 0 N–H and O–H groups in total. The van der Waals surface area contributed by atoms with Crippen molar-refractivity contribution in [2.24, 2.45) is 58.2 Å². The van der Waals surface area contributed by atoms with E-state index in [0.717, 1.165) is 24.7 Å². The molecule has 11 atom stereocenters. The van der Waals surface area contributed by atoms with Gasteiger partial charge >= 0.3 is 5.97 Å². The number of rotatable bonds is 7. The third-order valence-corrected chi connectivity index (χ3v) is 11.9. The molecule has 3 nitrogen and oxygen atoms in total. The van der Waals surface area contributed by atoms with Crippen LogP contribution in [-0.4, -0.2) is 12.1 Å². The van der Waals surface area contributed by atoms with Gasteiger partial charge in [0.25, 0.3) is 0 Å². The highest BCUT2D eigenvalue weighted by Crippen LogP contribution is 2.70. The Morgan fingerprint density at radius 2 is 1.83 bits per heavy atom. The second kappa shape index (κ2) is 10.6. The Kier molecular flexibility index (Phi) is 8.10. The van der Waals surface area contributed by atoms with Crippen LogP contribution in [0.1, 0.15) is 112 Å². The Morgan fingerprint density at radius 1 is 1.11 bits per heavy atom. The fraction of sp³-hybridized carbons (Fsp3) is 0.875. The number of carbonyl (C=O) groups is 1. The van der Waals surface area contributed by atoms with E-state index < -0.39 is 0 Å². The van der Waals surface area contributed by atoms with E-state index in [4.69, 9.17) is 10.00 Å². The number of esters is 1. The number of ether oxygens (including phenoxy) is 1. The van der Waals surface area contributed by atoms with E-state index in [1.807, 2.05) is 6.08 Å². The first-order valence-electron chi connectivity index (χ1n) is 14.9. The van der Waals surface area contributed by atoms with Crippen LogP contribution in [0.25, 0.3) is 0 Å². The maximum absolute atomic E-state index is 12.4. The van der Waals surface area contributed by atoms with Crippen LogP contribution in [0.5, 0.6) is 0 Å². The fourth-order valence-corrected chi connectivity index (χ4v) is 10.4. The van der Waals surface area contributed by atoms with E-state index in [1.165, 1.54) is 57.8 Å². The summed E-state index contributed by atoms with van der Waals surface area (Å²) in [6.45, 7) is 14.2. The fourth-order valence-electron chi connectivity index (χ4n) is 10.4. The molecular formula is C32H51NO2. The van der Waals surface area contributed by atoms with Gasteiger partial charge in [-0.3, -0.25) is 4.79 Å². The second-order valence-corrected chi connectivity index (χ2v) is 13.6. The van der Waals surface area contributed by atoms with Gasteiger partial charge in [0.15, 0.2) is 0 Å². The first-order valence-corrected chi connectivity index (χ1v) is 14.9. The van der Waals surface area contributed by atoms with Crippen molar-refractivity contribution < 1.29 is 9.53 Å². The number of nitrogens with zero attached hydrogens (tertiary/aromatic N) is 1. The zero-order valence-corrected chi connectivity index (χ0v) is 23.4. The minimum absolute atomic E-state index is 0.0692. The topological polar surface area (TPSA) is 50.1 Å². The van der Waals surface area contributed by atoms with Crippen molar-refractivity contribution in [2.75, 3.05) is 0 Å². The molecule has 4 rings (SSSR count). The molecule has 0 heterocycles. The van der Waals surface area contributed by atoms with Gasteiger partial charge in [0.1, 0.15) is 6.10 Å². The van der Waals surface area contributed by atoms with Gasteiger partial charge in [0.05, 0.1) is 6.07 Å². The van der Waals surface area contributed by atoms with Crippen LogP contribution in [0.2, 0.25) is 0 Å². The maximum Gasteiger partial charge on any atom is 0.302 e. The van der Waals surface area contributed by atoms with Crippen LogP contribution in [-0.2, 0) is 9.53 Å². The van der Waals surface area contributed by atoms with Crippen molar-refractivity contribution in [2.45, 2.75) is 118 Å². The van der Waals surface area contributed by atoms with E-state index in [9.17, 15) is 4.79 Å². The number of hydrogen-bond donors (Lipinski definition) is 0. The molecule has 0 bridgehead atoms. The van der Waals surface area contributed by atoms with Crippen LogP contribution < -0.4 is 0 Å². The number of nitriles is 1. The van der Waals surface area contributed by atoms with Crippen molar-refractivity contribution in [3.05, 3.63) is 12.2 Å². The van der Waals surface area contributed by atoms with Gasteiger partial charge in [-0.25, -0.2) is 0 Å². The number of carbonyl (C=O) groups excluding carboxylic acids is 1. The molecule has 3 heteroatoms. The molecule has 0 spiro atoms. The lowest BCUT2D eigenvalue weighted by Gasteiger charge is -2.65. The van der Waals surface area contributed by atoms with E-state index in [1.54, 1.807) is 13.0 Å². The predicted molar refractivity (Wildman–Crippen MR) is 142 cm³/mol. The summed E-state index contributed by atoms with van der Waals surface area (Å²) in [5.74, 6) is 5.34. The van der Waals surface area contributed by atoms with Crippen molar-refractivity contribution in [1.82, 2.24) is 0 Å². The molecule has 0 aromatic carbocycles. The third kappa shape index (κ3) is 4.73. The molecule has 4 aliphatic carbocycles. The van der Waals surface area contributed by atoms with Gasteiger partial charge < -0.3 is 4.74 Å². The van der Waals surface area contributed by atoms with Crippen LogP contribution in [0.3, 0.4) is 0 Å². The van der Waals surface area contributed by atoms with Gasteiger partial charge in [-0.2, -0.15) is 5.26 Å². The van der Waals surface area contributed by atoms with Crippen molar-refractivity contribution in [1.29, 1.82) is 5.26 Å². The Hall–Kier alpha value is -1.30. The molecular weight excluding hydrogens is 430 g/mol. The lowest BCUT2D eigenvalue weighted by atomic mass is 9.41. The molecule has 0 aromatic heterocycles. The normalized spacial score (nSPS) is 45.7. The maximum atomic E-state index is 12.4. The summed E-state index contributed by atoms with van der Waals surface area (Å²) in [6, 6.07) is 2.12.